The Morgan fingerprint density at radius 1 is 1.27 bits per heavy atom. The molecule has 114 valence electrons. The first-order valence-electron chi connectivity index (χ1n) is 7.21. The van der Waals surface area contributed by atoms with E-state index in [2.05, 4.69) is 9.55 Å². The van der Waals surface area contributed by atoms with Gasteiger partial charge in [0.05, 0.1) is 0 Å². The minimum Gasteiger partial charge on any atom is -0.324 e. The number of fused-ring (bicyclic) bond motifs is 1. The minimum atomic E-state index is -0.368. The molecule has 0 aliphatic rings. The Morgan fingerprint density at radius 2 is 2.05 bits per heavy atom. The normalized spacial score (nSPS) is 12.0. The number of rotatable bonds is 3. The topological polar surface area (TPSA) is 56.7 Å². The maximum atomic E-state index is 6.22. The van der Waals surface area contributed by atoms with Gasteiger partial charge in [0, 0.05) is 28.9 Å². The molecule has 0 radical (unpaired) electrons. The van der Waals surface area contributed by atoms with Crippen LogP contribution in [0.2, 0.25) is 5.02 Å². The van der Waals surface area contributed by atoms with E-state index >= 15 is 0 Å². The molecule has 0 spiro atoms. The summed E-state index contributed by atoms with van der Waals surface area (Å²) in [6.07, 6.45) is 1.85. The van der Waals surface area contributed by atoms with Crippen LogP contribution in [0.4, 0.5) is 0 Å². The van der Waals surface area contributed by atoms with E-state index in [1.807, 2.05) is 57.3 Å². The molecule has 4 nitrogen and oxygen atoms in total. The molecule has 0 saturated heterocycles. The SMILES string of the molecule is Cc1cnc2c(c1)nc(-c1cccc(Cl)c1)n2CC(C)(C)N. The summed E-state index contributed by atoms with van der Waals surface area (Å²) in [6.45, 7) is 6.63. The zero-order valence-corrected chi connectivity index (χ0v) is 13.7. The summed E-state index contributed by atoms with van der Waals surface area (Å²) in [5.41, 5.74) is 9.63. The fourth-order valence-corrected chi connectivity index (χ4v) is 2.71. The number of halogens is 1. The highest BCUT2D eigenvalue weighted by molar-refractivity contribution is 6.30. The van der Waals surface area contributed by atoms with Crippen LogP contribution in [-0.4, -0.2) is 20.1 Å². The largest absolute Gasteiger partial charge is 0.324 e. The maximum absolute atomic E-state index is 6.22. The number of hydrogen-bond donors (Lipinski definition) is 1. The minimum absolute atomic E-state index is 0.368. The second-order valence-electron chi connectivity index (χ2n) is 6.38. The average molecular weight is 315 g/mol. The molecular formula is C17H19ClN4. The summed E-state index contributed by atoms with van der Waals surface area (Å²) in [5.74, 6) is 0.842. The van der Waals surface area contributed by atoms with Crippen LogP contribution >= 0.6 is 11.6 Å². The third-order valence-electron chi connectivity index (χ3n) is 3.37. The van der Waals surface area contributed by atoms with E-state index in [4.69, 9.17) is 22.3 Å². The molecule has 2 aromatic heterocycles. The van der Waals surface area contributed by atoms with Gasteiger partial charge in [0.15, 0.2) is 5.65 Å². The number of aryl methyl sites for hydroxylation is 1. The van der Waals surface area contributed by atoms with Crippen LogP contribution in [-0.2, 0) is 6.54 Å². The highest BCUT2D eigenvalue weighted by Crippen LogP contribution is 2.27. The van der Waals surface area contributed by atoms with Crippen LogP contribution in [0, 0.1) is 6.92 Å². The Kier molecular flexibility index (Phi) is 3.67. The number of nitrogens with two attached hydrogens (primary N) is 1. The first kappa shape index (κ1) is 15.0. The van der Waals surface area contributed by atoms with E-state index in [0.29, 0.717) is 11.6 Å². The van der Waals surface area contributed by atoms with Gasteiger partial charge in [-0.15, -0.1) is 0 Å². The van der Waals surface area contributed by atoms with E-state index in [9.17, 15) is 0 Å². The number of aromatic nitrogens is 3. The van der Waals surface area contributed by atoms with Crippen LogP contribution in [0.1, 0.15) is 19.4 Å². The molecule has 0 aliphatic carbocycles. The fraction of sp³-hybridized carbons (Fsp3) is 0.294. The van der Waals surface area contributed by atoms with Crippen molar-refractivity contribution in [2.45, 2.75) is 32.9 Å². The summed E-state index contributed by atoms with van der Waals surface area (Å²) in [6, 6.07) is 9.73. The van der Waals surface area contributed by atoms with Gasteiger partial charge in [0.2, 0.25) is 0 Å². The highest BCUT2D eigenvalue weighted by Gasteiger charge is 2.19. The van der Waals surface area contributed by atoms with E-state index in [1.165, 1.54) is 0 Å². The standard InChI is InChI=1S/C17H19ClN4/c1-11-7-14-16(20-9-11)22(10-17(2,3)19)15(21-14)12-5-4-6-13(18)8-12/h4-9H,10,19H2,1-3H3. The summed E-state index contributed by atoms with van der Waals surface area (Å²) in [7, 11) is 0. The maximum Gasteiger partial charge on any atom is 0.160 e. The van der Waals surface area contributed by atoms with Crippen LogP contribution in [0.5, 0.6) is 0 Å². The Labute approximate surface area is 134 Å². The van der Waals surface area contributed by atoms with Crippen LogP contribution in [0.15, 0.2) is 36.5 Å². The first-order valence-corrected chi connectivity index (χ1v) is 7.59. The Morgan fingerprint density at radius 3 is 2.73 bits per heavy atom. The Balaban J connectivity index is 2.25. The molecule has 2 N–H and O–H groups in total. The Hall–Kier alpha value is -1.91. The predicted octanol–water partition coefficient (Wildman–Crippen LogP) is 3.80. The van der Waals surface area contributed by atoms with Crippen LogP contribution in [0.25, 0.3) is 22.6 Å². The molecule has 0 bridgehead atoms. The molecule has 5 heteroatoms. The number of nitrogens with zero attached hydrogens (tertiary/aromatic N) is 3. The van der Waals surface area contributed by atoms with Gasteiger partial charge in [0.1, 0.15) is 11.3 Å². The lowest BCUT2D eigenvalue weighted by Gasteiger charge is -2.21. The van der Waals surface area contributed by atoms with Gasteiger partial charge >= 0.3 is 0 Å². The van der Waals surface area contributed by atoms with Crippen molar-refractivity contribution in [1.29, 1.82) is 0 Å². The lowest BCUT2D eigenvalue weighted by atomic mass is 10.1. The number of hydrogen-bond acceptors (Lipinski definition) is 3. The van der Waals surface area contributed by atoms with Gasteiger partial charge in [-0.25, -0.2) is 9.97 Å². The predicted molar refractivity (Wildman–Crippen MR) is 91.0 cm³/mol. The zero-order valence-electron chi connectivity index (χ0n) is 13.0. The quantitative estimate of drug-likeness (QED) is 0.800. The summed E-state index contributed by atoms with van der Waals surface area (Å²) >= 11 is 6.13. The smallest absolute Gasteiger partial charge is 0.160 e. The third kappa shape index (κ3) is 2.98. The van der Waals surface area contributed by atoms with Crippen LogP contribution < -0.4 is 5.73 Å². The van der Waals surface area contributed by atoms with Gasteiger partial charge < -0.3 is 10.3 Å². The number of imidazole rings is 1. The molecule has 0 atom stereocenters. The average Bonchev–Trinajstić information content (AvgIpc) is 2.74. The second kappa shape index (κ2) is 5.38. The monoisotopic (exact) mass is 314 g/mol. The van der Waals surface area contributed by atoms with Crippen molar-refractivity contribution >= 4 is 22.8 Å². The van der Waals surface area contributed by atoms with Crippen molar-refractivity contribution in [3.05, 3.63) is 47.1 Å². The summed E-state index contributed by atoms with van der Waals surface area (Å²) in [4.78, 5) is 9.30. The summed E-state index contributed by atoms with van der Waals surface area (Å²) < 4.78 is 2.07. The first-order chi connectivity index (χ1) is 10.3. The van der Waals surface area contributed by atoms with Gasteiger partial charge in [-0.1, -0.05) is 23.7 Å². The van der Waals surface area contributed by atoms with Crippen molar-refractivity contribution in [2.24, 2.45) is 5.73 Å². The highest BCUT2D eigenvalue weighted by atomic mass is 35.5. The molecule has 3 aromatic rings. The van der Waals surface area contributed by atoms with E-state index in [-0.39, 0.29) is 5.54 Å². The van der Waals surface area contributed by atoms with Crippen molar-refractivity contribution in [3.8, 4) is 11.4 Å². The van der Waals surface area contributed by atoms with Crippen LogP contribution in [0.3, 0.4) is 0 Å². The molecule has 22 heavy (non-hydrogen) atoms. The zero-order chi connectivity index (χ0) is 15.9. The van der Waals surface area contributed by atoms with Gasteiger partial charge in [-0.3, -0.25) is 0 Å². The van der Waals surface area contributed by atoms with Crippen molar-refractivity contribution < 1.29 is 0 Å². The van der Waals surface area contributed by atoms with Gasteiger partial charge in [-0.2, -0.15) is 0 Å². The molecule has 1 aromatic carbocycles. The molecule has 2 heterocycles. The van der Waals surface area contributed by atoms with Crippen molar-refractivity contribution in [2.75, 3.05) is 0 Å². The molecule has 3 rings (SSSR count). The number of benzene rings is 1. The molecule has 0 unspecified atom stereocenters. The summed E-state index contributed by atoms with van der Waals surface area (Å²) in [5, 5.41) is 0.687. The Bertz CT molecular complexity index is 830. The lowest BCUT2D eigenvalue weighted by molar-refractivity contribution is 0.441. The number of pyridine rings is 1. The third-order valence-corrected chi connectivity index (χ3v) is 3.61. The van der Waals surface area contributed by atoms with Gasteiger partial charge in [-0.05, 0) is 44.5 Å². The molecule has 0 aliphatic heterocycles. The van der Waals surface area contributed by atoms with Crippen molar-refractivity contribution in [3.63, 3.8) is 0 Å². The lowest BCUT2D eigenvalue weighted by Crippen LogP contribution is -2.37. The van der Waals surface area contributed by atoms with E-state index < -0.39 is 0 Å². The van der Waals surface area contributed by atoms with E-state index in [0.717, 1.165) is 28.1 Å². The molecular weight excluding hydrogens is 296 g/mol. The van der Waals surface area contributed by atoms with Gasteiger partial charge in [0.25, 0.3) is 0 Å². The molecule has 0 fully saturated rings. The second-order valence-corrected chi connectivity index (χ2v) is 6.81. The molecule has 0 amide bonds. The molecule has 0 saturated carbocycles. The van der Waals surface area contributed by atoms with E-state index in [1.54, 1.807) is 0 Å². The fourth-order valence-electron chi connectivity index (χ4n) is 2.52. The van der Waals surface area contributed by atoms with Crippen molar-refractivity contribution in [1.82, 2.24) is 14.5 Å².